The quantitative estimate of drug-likeness (QED) is 0.0560. The number of hydrogen-bond donors (Lipinski definition) is 4. The zero-order valence-electron chi connectivity index (χ0n) is 16.2. The molecular weight excluding hydrogens is 497 g/mol. The molecule has 0 atom stereocenters. The van der Waals surface area contributed by atoms with Crippen molar-refractivity contribution in [3.63, 3.8) is 0 Å². The van der Waals surface area contributed by atoms with E-state index in [2.05, 4.69) is 28.4 Å². The van der Waals surface area contributed by atoms with Crippen molar-refractivity contribution in [3.8, 4) is 0 Å². The Kier molecular flexibility index (Phi) is 26.8. The van der Waals surface area contributed by atoms with Gasteiger partial charge in [0, 0.05) is 0 Å². The number of carbonyl (C=O) groups is 2. The maximum Gasteiger partial charge on any atom is 1.00 e. The smallest absolute Gasteiger partial charge is 0.724 e. The summed E-state index contributed by atoms with van der Waals surface area (Å²) < 4.78 is 92.2. The third-order valence-electron chi connectivity index (χ3n) is 1.08. The van der Waals surface area contributed by atoms with E-state index >= 15 is 0 Å². The summed E-state index contributed by atoms with van der Waals surface area (Å²) >= 11 is -2.61. The summed E-state index contributed by atoms with van der Waals surface area (Å²) in [5, 5.41) is 6.01. The predicted molar refractivity (Wildman–Crippen MR) is 89.9 cm³/mol. The van der Waals surface area contributed by atoms with Gasteiger partial charge in [-0.05, 0) is 27.7 Å². The Hall–Kier alpha value is -0.690. The minimum atomic E-state index is -5.27. The third kappa shape index (κ3) is 50.7. The molecule has 0 rings (SSSR count). The van der Waals surface area contributed by atoms with Crippen LogP contribution in [-0.2, 0) is 50.3 Å². The van der Waals surface area contributed by atoms with Crippen molar-refractivity contribution in [2.45, 2.75) is 39.9 Å². The van der Waals surface area contributed by atoms with Gasteiger partial charge in [0.15, 0.2) is 0 Å². The predicted octanol–water partition coefficient (Wildman–Crippen LogP) is -2.43. The fraction of sp³-hybridized carbons (Fsp3) is 0.750. The number of carbonyl (C=O) groups excluding carboxylic acids is 2. The number of hydrogen-bond acceptors (Lipinski definition) is 13. The Bertz CT molecular complexity index is 676. The SMILES string of the molecule is CC(C)OC(=O)N=NC(=O)OC(C)C.N.O=S(=O)([O-])OOS(=O)(=O)O.O=S(O)O.[Na+]. The van der Waals surface area contributed by atoms with Gasteiger partial charge >= 0.3 is 52.1 Å². The normalized spacial score (nSPS) is 10.8. The third-order valence-corrected chi connectivity index (χ3v) is 1.64. The maximum absolute atomic E-state index is 10.8. The van der Waals surface area contributed by atoms with E-state index < -0.39 is 44.3 Å². The molecule has 0 bridgehead atoms. The van der Waals surface area contributed by atoms with Crippen LogP contribution in [0.15, 0.2) is 10.2 Å². The second kappa shape index (κ2) is 20.2. The van der Waals surface area contributed by atoms with Crippen LogP contribution in [0.4, 0.5) is 9.59 Å². The van der Waals surface area contributed by atoms with Crippen LogP contribution in [0.5, 0.6) is 0 Å². The fourth-order valence-corrected chi connectivity index (χ4v) is 1.15. The van der Waals surface area contributed by atoms with Gasteiger partial charge in [-0.3, -0.25) is 13.7 Å². The average Bonchev–Trinajstić information content (AvgIpc) is 2.40. The molecule has 0 saturated carbocycles. The first-order valence-corrected chi connectivity index (χ1v) is 10.1. The van der Waals surface area contributed by atoms with E-state index in [1.807, 2.05) is 0 Å². The molecule has 0 aromatic rings. The zero-order chi connectivity index (χ0) is 23.1. The van der Waals surface area contributed by atoms with E-state index in [1.165, 1.54) is 0 Å². The first-order valence-electron chi connectivity index (χ1n) is 6.29. The molecule has 0 radical (unpaired) electrons. The second-order valence-corrected chi connectivity index (χ2v) is 6.67. The van der Waals surface area contributed by atoms with Crippen LogP contribution < -0.4 is 35.7 Å². The van der Waals surface area contributed by atoms with Gasteiger partial charge in [0.05, 0.1) is 12.2 Å². The summed E-state index contributed by atoms with van der Waals surface area (Å²) in [5.74, 6) is 0. The van der Waals surface area contributed by atoms with Gasteiger partial charge in [0.2, 0.25) is 10.4 Å². The van der Waals surface area contributed by atoms with E-state index in [0.29, 0.717) is 0 Å². The minimum Gasteiger partial charge on any atom is -0.724 e. The second-order valence-electron chi connectivity index (χ2n) is 4.27. The summed E-state index contributed by atoms with van der Waals surface area (Å²) in [7, 11) is -10.3. The molecule has 0 aliphatic carbocycles. The van der Waals surface area contributed by atoms with Crippen molar-refractivity contribution in [1.29, 1.82) is 0 Å². The fourth-order valence-electron chi connectivity index (χ4n) is 0.601. The van der Waals surface area contributed by atoms with Crippen LogP contribution in [0, 0.1) is 0 Å². The Morgan fingerprint density at radius 1 is 0.900 bits per heavy atom. The van der Waals surface area contributed by atoms with Crippen molar-refractivity contribution in [1.82, 2.24) is 6.15 Å². The largest absolute Gasteiger partial charge is 1.00 e. The van der Waals surface area contributed by atoms with E-state index in [4.69, 9.17) is 17.9 Å². The molecule has 0 aromatic carbocycles. The molecule has 2 amide bonds. The number of rotatable bonds is 5. The van der Waals surface area contributed by atoms with Crippen LogP contribution in [0.1, 0.15) is 27.7 Å². The molecule has 176 valence electrons. The van der Waals surface area contributed by atoms with Crippen LogP contribution in [0.25, 0.3) is 0 Å². The van der Waals surface area contributed by atoms with Crippen LogP contribution in [-0.4, -0.2) is 63.6 Å². The summed E-state index contributed by atoms with van der Waals surface area (Å²) in [6.07, 6.45) is -2.38. The van der Waals surface area contributed by atoms with Crippen LogP contribution in [0.2, 0.25) is 0 Å². The standard InChI is InChI=1S/C8H14N2O4.H3N.Na.H2O8S2.H2O3S/c1-5(2)13-7(11)9-10-8(12)14-6(3)4;;;1-9(2,3)7-8-10(4,5)6;1-4(2)3/h5-6H,1-4H3;1H3;;(H,1,2,3)(H,4,5,6);(H2,1,2,3)/q;;+1;;/p-1. The monoisotopic (exact) mass is 517 g/mol. The topological polar surface area (TPSA) is 300 Å². The molecule has 6 N–H and O–H groups in total. The van der Waals surface area contributed by atoms with Crippen LogP contribution in [0.3, 0.4) is 0 Å². The molecule has 0 aliphatic heterocycles. The molecule has 18 nitrogen and oxygen atoms in total. The van der Waals surface area contributed by atoms with Gasteiger partial charge < -0.3 is 20.2 Å². The first-order chi connectivity index (χ1) is 12.4. The van der Waals surface area contributed by atoms with Crippen LogP contribution >= 0.6 is 0 Å². The Morgan fingerprint density at radius 2 is 1.17 bits per heavy atom. The van der Waals surface area contributed by atoms with E-state index in [9.17, 15) is 31.0 Å². The van der Waals surface area contributed by atoms with Gasteiger partial charge in [-0.25, -0.2) is 18.0 Å². The van der Waals surface area contributed by atoms with Crippen molar-refractivity contribution < 1.29 is 96.5 Å². The first kappa shape index (κ1) is 39.7. The maximum atomic E-state index is 10.8. The summed E-state index contributed by atoms with van der Waals surface area (Å²) in [6.45, 7) is 6.67. The van der Waals surface area contributed by atoms with Crippen molar-refractivity contribution in [2.24, 2.45) is 10.2 Å². The van der Waals surface area contributed by atoms with E-state index in [-0.39, 0.29) is 47.9 Å². The van der Waals surface area contributed by atoms with Gasteiger partial charge in [-0.1, -0.05) is 18.9 Å². The number of amides is 2. The molecule has 22 heteroatoms. The molecule has 0 saturated heterocycles. The van der Waals surface area contributed by atoms with Gasteiger partial charge in [-0.2, -0.15) is 12.6 Å². The zero-order valence-corrected chi connectivity index (χ0v) is 20.7. The van der Waals surface area contributed by atoms with Gasteiger partial charge in [-0.15, -0.1) is 0 Å². The Morgan fingerprint density at radius 3 is 1.30 bits per heavy atom. The molecular formula is C8H20N3NaO15S3. The molecule has 0 unspecified atom stereocenters. The molecule has 0 fully saturated rings. The van der Waals surface area contributed by atoms with Crippen molar-refractivity contribution >= 4 is 44.3 Å². The number of azo groups is 1. The van der Waals surface area contributed by atoms with Gasteiger partial charge in [0.25, 0.3) is 11.4 Å². The summed E-state index contributed by atoms with van der Waals surface area (Å²) in [4.78, 5) is 21.5. The summed E-state index contributed by atoms with van der Waals surface area (Å²) in [6, 6.07) is 0. The van der Waals surface area contributed by atoms with Crippen molar-refractivity contribution in [3.05, 3.63) is 0 Å². The molecule has 0 aliphatic rings. The van der Waals surface area contributed by atoms with Gasteiger partial charge in [0.1, 0.15) is 0 Å². The van der Waals surface area contributed by atoms with E-state index in [0.717, 1.165) is 0 Å². The Labute approximate surface area is 196 Å². The molecule has 0 spiro atoms. The Balaban J connectivity index is -0.000000115. The van der Waals surface area contributed by atoms with E-state index in [1.54, 1.807) is 27.7 Å². The number of nitrogens with zero attached hydrogens (tertiary/aromatic N) is 2. The molecule has 30 heavy (non-hydrogen) atoms. The van der Waals surface area contributed by atoms with Crippen molar-refractivity contribution in [2.75, 3.05) is 0 Å². The number of ether oxygens (including phenoxy) is 2. The average molecular weight is 517 g/mol. The molecule has 0 heterocycles. The summed E-state index contributed by atoms with van der Waals surface area (Å²) in [5.41, 5.74) is 0. The molecule has 0 aromatic heterocycles. The minimum absolute atomic E-state index is 0.